The van der Waals surface area contributed by atoms with Crippen molar-refractivity contribution in [2.24, 2.45) is 0 Å². The van der Waals surface area contributed by atoms with Crippen LogP contribution in [0.2, 0.25) is 0 Å². The molecule has 0 atom stereocenters. The van der Waals surface area contributed by atoms with E-state index in [9.17, 15) is 9.59 Å². The van der Waals surface area contributed by atoms with Crippen LogP contribution in [-0.4, -0.2) is 36.0 Å². The molecule has 0 aliphatic rings. The second-order valence-corrected chi connectivity index (χ2v) is 7.56. The highest BCUT2D eigenvalue weighted by Crippen LogP contribution is 2.22. The van der Waals surface area contributed by atoms with Gasteiger partial charge < -0.3 is 4.52 Å². The standard InChI is InChI=1S/C19H20N6O3S/c1-3-4-9-24-17(27)13-7-5-6-8-14(13)25-18(24)21-22-19(25)29-11-15(26)20-16-10-12(2)23-28-16/h5-8,10H,3-4,9,11H2,1-2H3,(H,20,26). The Labute approximate surface area is 170 Å². The average molecular weight is 412 g/mol. The molecule has 0 spiro atoms. The molecule has 3 heterocycles. The highest BCUT2D eigenvalue weighted by Gasteiger charge is 2.17. The molecule has 0 fully saturated rings. The minimum absolute atomic E-state index is 0.0797. The zero-order valence-corrected chi connectivity index (χ0v) is 16.9. The van der Waals surface area contributed by atoms with Gasteiger partial charge in [-0.2, -0.15) is 0 Å². The fraction of sp³-hybridized carbons (Fsp3) is 0.316. The lowest BCUT2D eigenvalue weighted by molar-refractivity contribution is -0.113. The van der Waals surface area contributed by atoms with Crippen molar-refractivity contribution in [1.82, 2.24) is 24.3 Å². The number of aromatic nitrogens is 5. The van der Waals surface area contributed by atoms with Crippen LogP contribution in [0.5, 0.6) is 0 Å². The van der Waals surface area contributed by atoms with Crippen LogP contribution in [-0.2, 0) is 11.3 Å². The van der Waals surface area contributed by atoms with Crippen LogP contribution in [0.4, 0.5) is 5.88 Å². The number of hydrogen-bond acceptors (Lipinski definition) is 7. The molecule has 0 unspecified atom stereocenters. The maximum absolute atomic E-state index is 12.9. The number of nitrogens with zero attached hydrogens (tertiary/aromatic N) is 5. The maximum Gasteiger partial charge on any atom is 0.262 e. The van der Waals surface area contributed by atoms with Crippen LogP contribution >= 0.6 is 11.8 Å². The largest absolute Gasteiger partial charge is 0.338 e. The summed E-state index contributed by atoms with van der Waals surface area (Å²) in [5.74, 6) is 0.656. The highest BCUT2D eigenvalue weighted by molar-refractivity contribution is 7.99. The Kier molecular flexibility index (Phi) is 5.34. The van der Waals surface area contributed by atoms with Crippen LogP contribution in [0, 0.1) is 6.92 Å². The van der Waals surface area contributed by atoms with Crippen molar-refractivity contribution in [3.63, 3.8) is 0 Å². The zero-order chi connectivity index (χ0) is 20.4. The summed E-state index contributed by atoms with van der Waals surface area (Å²) in [7, 11) is 0. The Balaban J connectivity index is 1.67. The molecule has 29 heavy (non-hydrogen) atoms. The third-order valence-electron chi connectivity index (χ3n) is 4.44. The number of fused-ring (bicyclic) bond motifs is 3. The van der Waals surface area contributed by atoms with Crippen molar-refractivity contribution in [2.45, 2.75) is 38.4 Å². The molecule has 0 radical (unpaired) electrons. The molecule has 4 aromatic rings. The van der Waals surface area contributed by atoms with Gasteiger partial charge in [-0.1, -0.05) is 42.4 Å². The van der Waals surface area contributed by atoms with Crippen molar-refractivity contribution >= 4 is 40.2 Å². The fourth-order valence-electron chi connectivity index (χ4n) is 3.07. The normalized spacial score (nSPS) is 11.4. The number of nitrogens with one attached hydrogen (secondary N) is 1. The van der Waals surface area contributed by atoms with E-state index in [4.69, 9.17) is 4.52 Å². The van der Waals surface area contributed by atoms with Gasteiger partial charge in [0.25, 0.3) is 5.56 Å². The van der Waals surface area contributed by atoms with Crippen LogP contribution in [0.3, 0.4) is 0 Å². The van der Waals surface area contributed by atoms with Crippen LogP contribution in [0.25, 0.3) is 16.7 Å². The molecule has 3 aromatic heterocycles. The molecule has 0 saturated heterocycles. The number of hydrogen-bond donors (Lipinski definition) is 1. The summed E-state index contributed by atoms with van der Waals surface area (Å²) in [5, 5.41) is 16.0. The van der Waals surface area contributed by atoms with E-state index in [0.717, 1.165) is 18.4 Å². The van der Waals surface area contributed by atoms with Crippen LogP contribution in [0.15, 0.2) is 44.8 Å². The number of anilines is 1. The van der Waals surface area contributed by atoms with Gasteiger partial charge in [0.05, 0.1) is 22.3 Å². The molecule has 1 N–H and O–H groups in total. The number of rotatable bonds is 7. The number of benzene rings is 1. The lowest BCUT2D eigenvalue weighted by Crippen LogP contribution is -2.23. The molecule has 1 amide bonds. The Morgan fingerprint density at radius 2 is 2.10 bits per heavy atom. The van der Waals surface area contributed by atoms with Gasteiger partial charge in [-0.3, -0.25) is 23.9 Å². The number of aryl methyl sites for hydroxylation is 2. The highest BCUT2D eigenvalue weighted by atomic mass is 32.2. The van der Waals surface area contributed by atoms with Gasteiger partial charge >= 0.3 is 0 Å². The van der Waals surface area contributed by atoms with Crippen molar-refractivity contribution in [2.75, 3.05) is 11.1 Å². The van der Waals surface area contributed by atoms with Crippen LogP contribution < -0.4 is 10.9 Å². The third-order valence-corrected chi connectivity index (χ3v) is 5.37. The lowest BCUT2D eigenvalue weighted by atomic mass is 10.2. The van der Waals surface area contributed by atoms with E-state index in [1.807, 2.05) is 22.6 Å². The van der Waals surface area contributed by atoms with Crippen molar-refractivity contribution in [3.05, 3.63) is 46.4 Å². The monoisotopic (exact) mass is 412 g/mol. The molecule has 4 rings (SSSR count). The van der Waals surface area contributed by atoms with Gasteiger partial charge in [-0.25, -0.2) is 0 Å². The number of unbranched alkanes of at least 4 members (excludes halogenated alkanes) is 1. The number of carbonyl (C=O) groups excluding carboxylic acids is 1. The average Bonchev–Trinajstić information content (AvgIpc) is 3.32. The number of carbonyl (C=O) groups is 1. The Bertz CT molecular complexity index is 1240. The first kappa shape index (κ1) is 19.2. The number of para-hydroxylation sites is 1. The Hall–Kier alpha value is -3.14. The van der Waals surface area contributed by atoms with Crippen molar-refractivity contribution in [1.29, 1.82) is 0 Å². The van der Waals surface area contributed by atoms with Gasteiger partial charge in [-0.15, -0.1) is 10.2 Å². The zero-order valence-electron chi connectivity index (χ0n) is 16.1. The molecule has 10 heteroatoms. The predicted molar refractivity (Wildman–Crippen MR) is 110 cm³/mol. The molecular weight excluding hydrogens is 392 g/mol. The molecule has 1 aromatic carbocycles. The molecule has 9 nitrogen and oxygen atoms in total. The maximum atomic E-state index is 12.9. The molecular formula is C19H20N6O3S. The topological polar surface area (TPSA) is 107 Å². The SMILES string of the molecule is CCCCn1c(=O)c2ccccc2n2c(SCC(=O)Nc3cc(C)no3)nnc12. The van der Waals surface area contributed by atoms with Gasteiger partial charge in [-0.05, 0) is 25.5 Å². The first-order valence-electron chi connectivity index (χ1n) is 9.31. The van der Waals surface area contributed by atoms with Gasteiger partial charge in [0.15, 0.2) is 5.16 Å². The Morgan fingerprint density at radius 3 is 2.86 bits per heavy atom. The Morgan fingerprint density at radius 1 is 1.28 bits per heavy atom. The summed E-state index contributed by atoms with van der Waals surface area (Å²) in [6.07, 6.45) is 1.82. The lowest BCUT2D eigenvalue weighted by Gasteiger charge is -2.10. The smallest absolute Gasteiger partial charge is 0.262 e. The number of amides is 1. The fourth-order valence-corrected chi connectivity index (χ4v) is 3.81. The summed E-state index contributed by atoms with van der Waals surface area (Å²) in [5.41, 5.74) is 1.33. The summed E-state index contributed by atoms with van der Waals surface area (Å²) in [4.78, 5) is 25.2. The number of thioether (sulfide) groups is 1. The van der Waals surface area contributed by atoms with E-state index >= 15 is 0 Å². The minimum atomic E-state index is -0.244. The van der Waals surface area contributed by atoms with E-state index in [1.54, 1.807) is 23.6 Å². The van der Waals surface area contributed by atoms with E-state index in [1.165, 1.54) is 11.8 Å². The van der Waals surface area contributed by atoms with Crippen molar-refractivity contribution in [3.8, 4) is 0 Å². The van der Waals surface area contributed by atoms with Crippen molar-refractivity contribution < 1.29 is 9.32 Å². The van der Waals surface area contributed by atoms with Crippen LogP contribution in [0.1, 0.15) is 25.5 Å². The van der Waals surface area contributed by atoms with Gasteiger partial charge in [0.1, 0.15) is 0 Å². The second kappa shape index (κ2) is 8.08. The van der Waals surface area contributed by atoms with E-state index in [-0.39, 0.29) is 17.2 Å². The van der Waals surface area contributed by atoms with E-state index in [2.05, 4.69) is 27.6 Å². The molecule has 0 aliphatic heterocycles. The predicted octanol–water partition coefficient (Wildman–Crippen LogP) is 2.87. The summed E-state index contributed by atoms with van der Waals surface area (Å²) >= 11 is 1.24. The quantitative estimate of drug-likeness (QED) is 0.465. The summed E-state index contributed by atoms with van der Waals surface area (Å²) in [6, 6.07) is 9.01. The first-order chi connectivity index (χ1) is 14.1. The van der Waals surface area contributed by atoms with E-state index < -0.39 is 0 Å². The van der Waals surface area contributed by atoms with Gasteiger partial charge in [0.2, 0.25) is 17.6 Å². The summed E-state index contributed by atoms with van der Waals surface area (Å²) < 4.78 is 8.49. The first-order valence-corrected chi connectivity index (χ1v) is 10.3. The third kappa shape index (κ3) is 3.75. The van der Waals surface area contributed by atoms with Gasteiger partial charge in [0, 0.05) is 12.6 Å². The molecule has 150 valence electrons. The molecule has 0 saturated carbocycles. The van der Waals surface area contributed by atoms with E-state index in [0.29, 0.717) is 34.4 Å². The second-order valence-electron chi connectivity index (χ2n) is 6.61. The minimum Gasteiger partial charge on any atom is -0.338 e. The summed E-state index contributed by atoms with van der Waals surface area (Å²) in [6.45, 7) is 4.42. The molecule has 0 bridgehead atoms. The molecule has 0 aliphatic carbocycles.